The van der Waals surface area contributed by atoms with Crippen molar-refractivity contribution in [3.05, 3.63) is 28.8 Å². The quantitative estimate of drug-likeness (QED) is 0.862. The van der Waals surface area contributed by atoms with E-state index in [9.17, 15) is 18.0 Å². The lowest BCUT2D eigenvalue weighted by Gasteiger charge is -2.18. The highest BCUT2D eigenvalue weighted by molar-refractivity contribution is 6.33. The fourth-order valence-corrected chi connectivity index (χ4v) is 1.74. The van der Waals surface area contributed by atoms with E-state index in [1.54, 1.807) is 6.92 Å². The summed E-state index contributed by atoms with van der Waals surface area (Å²) in [6.07, 6.45) is -4.45. The van der Waals surface area contributed by atoms with Crippen molar-refractivity contribution >= 4 is 23.2 Å². The van der Waals surface area contributed by atoms with Crippen molar-refractivity contribution in [2.45, 2.75) is 33.0 Å². The Kier molecular flexibility index (Phi) is 5.89. The standard InChI is InChI=1S/C14H18ClF3N2O/c1-8(2)7-19-13(21)9(3)20-12-6-10(14(16,17)18)4-5-11(12)15/h4-6,8-9,20H,7H2,1-3H3,(H,19,21). The van der Waals surface area contributed by atoms with Crippen LogP contribution in [0.15, 0.2) is 18.2 Å². The molecule has 1 rings (SSSR count). The molecule has 0 saturated carbocycles. The number of alkyl halides is 3. The topological polar surface area (TPSA) is 41.1 Å². The number of carbonyl (C=O) groups excluding carboxylic acids is 1. The highest BCUT2D eigenvalue weighted by Crippen LogP contribution is 2.33. The van der Waals surface area contributed by atoms with Crippen LogP contribution >= 0.6 is 11.6 Å². The van der Waals surface area contributed by atoms with Crippen molar-refractivity contribution in [3.63, 3.8) is 0 Å². The molecule has 1 unspecified atom stereocenters. The Bertz CT molecular complexity index is 503. The molecule has 2 N–H and O–H groups in total. The Hall–Kier alpha value is -1.43. The van der Waals surface area contributed by atoms with Crippen molar-refractivity contribution in [2.75, 3.05) is 11.9 Å². The highest BCUT2D eigenvalue weighted by atomic mass is 35.5. The molecule has 0 spiro atoms. The van der Waals surface area contributed by atoms with Gasteiger partial charge in [0.25, 0.3) is 0 Å². The molecule has 0 aliphatic heterocycles. The summed E-state index contributed by atoms with van der Waals surface area (Å²) >= 11 is 5.86. The average Bonchev–Trinajstić information content (AvgIpc) is 2.36. The van der Waals surface area contributed by atoms with E-state index in [1.807, 2.05) is 13.8 Å². The molecular formula is C14H18ClF3N2O. The second kappa shape index (κ2) is 7.02. The Morgan fingerprint density at radius 2 is 1.90 bits per heavy atom. The summed E-state index contributed by atoms with van der Waals surface area (Å²) in [6.45, 7) is 5.96. The maximum Gasteiger partial charge on any atom is 0.416 e. The van der Waals surface area contributed by atoms with E-state index in [4.69, 9.17) is 11.6 Å². The van der Waals surface area contributed by atoms with E-state index in [-0.39, 0.29) is 16.6 Å². The molecule has 0 aliphatic carbocycles. The zero-order valence-electron chi connectivity index (χ0n) is 12.0. The van der Waals surface area contributed by atoms with Gasteiger partial charge in [-0.2, -0.15) is 13.2 Å². The molecule has 1 aromatic carbocycles. The van der Waals surface area contributed by atoms with Gasteiger partial charge in [-0.15, -0.1) is 0 Å². The molecule has 1 amide bonds. The number of nitrogens with one attached hydrogen (secondary N) is 2. The van der Waals surface area contributed by atoms with Crippen LogP contribution in [0.4, 0.5) is 18.9 Å². The third-order valence-electron chi connectivity index (χ3n) is 2.74. The third-order valence-corrected chi connectivity index (χ3v) is 3.07. The molecule has 0 fully saturated rings. The van der Waals surface area contributed by atoms with E-state index in [1.165, 1.54) is 0 Å². The maximum atomic E-state index is 12.7. The number of rotatable bonds is 5. The van der Waals surface area contributed by atoms with Crippen molar-refractivity contribution in [2.24, 2.45) is 5.92 Å². The molecule has 1 atom stereocenters. The number of benzene rings is 1. The summed E-state index contributed by atoms with van der Waals surface area (Å²) < 4.78 is 38.0. The lowest BCUT2D eigenvalue weighted by molar-refractivity contribution is -0.137. The smallest absolute Gasteiger partial charge is 0.373 e. The molecule has 0 saturated heterocycles. The summed E-state index contributed by atoms with van der Waals surface area (Å²) in [7, 11) is 0. The fraction of sp³-hybridized carbons (Fsp3) is 0.500. The second-order valence-electron chi connectivity index (χ2n) is 5.20. The number of amides is 1. The highest BCUT2D eigenvalue weighted by Gasteiger charge is 2.31. The van der Waals surface area contributed by atoms with Crippen molar-refractivity contribution in [1.29, 1.82) is 0 Å². The zero-order chi connectivity index (χ0) is 16.2. The summed E-state index contributed by atoms with van der Waals surface area (Å²) in [4.78, 5) is 11.8. The molecule has 0 aromatic heterocycles. The lowest BCUT2D eigenvalue weighted by Crippen LogP contribution is -2.39. The van der Waals surface area contributed by atoms with Crippen LogP contribution in [0.3, 0.4) is 0 Å². The number of hydrogen-bond donors (Lipinski definition) is 2. The van der Waals surface area contributed by atoms with Crippen LogP contribution in [-0.4, -0.2) is 18.5 Å². The van der Waals surface area contributed by atoms with Gasteiger partial charge in [0.1, 0.15) is 6.04 Å². The predicted octanol–water partition coefficient (Wildman–Crippen LogP) is 3.93. The molecule has 21 heavy (non-hydrogen) atoms. The van der Waals surface area contributed by atoms with Gasteiger partial charge in [0.05, 0.1) is 16.3 Å². The largest absolute Gasteiger partial charge is 0.416 e. The van der Waals surface area contributed by atoms with E-state index in [2.05, 4.69) is 10.6 Å². The Balaban J connectivity index is 2.80. The Labute approximate surface area is 126 Å². The summed E-state index contributed by atoms with van der Waals surface area (Å²) in [6, 6.07) is 2.27. The first-order valence-electron chi connectivity index (χ1n) is 6.52. The van der Waals surface area contributed by atoms with Gasteiger partial charge in [-0.25, -0.2) is 0 Å². The number of anilines is 1. The van der Waals surface area contributed by atoms with Gasteiger partial charge in [-0.05, 0) is 31.0 Å². The normalized spacial score (nSPS) is 13.1. The van der Waals surface area contributed by atoms with Crippen LogP contribution in [0.5, 0.6) is 0 Å². The molecule has 0 radical (unpaired) electrons. The fourth-order valence-electron chi connectivity index (χ4n) is 1.57. The molecule has 0 aliphatic rings. The Morgan fingerprint density at radius 3 is 2.43 bits per heavy atom. The molecule has 118 valence electrons. The van der Waals surface area contributed by atoms with Crippen molar-refractivity contribution in [1.82, 2.24) is 5.32 Å². The van der Waals surface area contributed by atoms with Crippen LogP contribution in [0, 0.1) is 5.92 Å². The summed E-state index contributed by atoms with van der Waals surface area (Å²) in [5.41, 5.74) is -0.733. The molecule has 1 aromatic rings. The first-order valence-corrected chi connectivity index (χ1v) is 6.90. The van der Waals surface area contributed by atoms with Gasteiger partial charge < -0.3 is 10.6 Å². The molecule has 3 nitrogen and oxygen atoms in total. The third kappa shape index (κ3) is 5.46. The average molecular weight is 323 g/mol. The van der Waals surface area contributed by atoms with Gasteiger partial charge in [0, 0.05) is 6.54 Å². The summed E-state index contributed by atoms with van der Waals surface area (Å²) in [5.74, 6) is -0.00419. The van der Waals surface area contributed by atoms with Crippen LogP contribution in [0.2, 0.25) is 5.02 Å². The van der Waals surface area contributed by atoms with Crippen LogP contribution in [0.25, 0.3) is 0 Å². The number of halogens is 4. The van der Waals surface area contributed by atoms with Gasteiger partial charge in [-0.3, -0.25) is 4.79 Å². The molecule has 7 heteroatoms. The Morgan fingerprint density at radius 1 is 1.29 bits per heavy atom. The van der Waals surface area contributed by atoms with Crippen molar-refractivity contribution < 1.29 is 18.0 Å². The van der Waals surface area contributed by atoms with E-state index in [0.29, 0.717) is 12.5 Å². The molecule has 0 bridgehead atoms. The van der Waals surface area contributed by atoms with Gasteiger partial charge in [0.2, 0.25) is 5.91 Å². The first kappa shape index (κ1) is 17.6. The van der Waals surface area contributed by atoms with Crippen molar-refractivity contribution in [3.8, 4) is 0 Å². The molecule has 0 heterocycles. The van der Waals surface area contributed by atoms with Crippen LogP contribution < -0.4 is 10.6 Å². The minimum absolute atomic E-state index is 0.0821. The monoisotopic (exact) mass is 322 g/mol. The minimum atomic E-state index is -4.45. The maximum absolute atomic E-state index is 12.7. The first-order chi connectivity index (χ1) is 9.61. The number of carbonyl (C=O) groups is 1. The second-order valence-corrected chi connectivity index (χ2v) is 5.60. The van der Waals surface area contributed by atoms with Crippen LogP contribution in [0.1, 0.15) is 26.3 Å². The van der Waals surface area contributed by atoms with E-state index in [0.717, 1.165) is 18.2 Å². The van der Waals surface area contributed by atoms with Gasteiger partial charge >= 0.3 is 6.18 Å². The lowest BCUT2D eigenvalue weighted by atomic mass is 10.1. The van der Waals surface area contributed by atoms with Gasteiger partial charge in [0.15, 0.2) is 0 Å². The van der Waals surface area contributed by atoms with Crippen LogP contribution in [-0.2, 0) is 11.0 Å². The number of hydrogen-bond acceptors (Lipinski definition) is 2. The summed E-state index contributed by atoms with van der Waals surface area (Å²) in [5, 5.41) is 5.53. The zero-order valence-corrected chi connectivity index (χ0v) is 12.8. The van der Waals surface area contributed by atoms with E-state index >= 15 is 0 Å². The van der Waals surface area contributed by atoms with Gasteiger partial charge in [-0.1, -0.05) is 25.4 Å². The molecular weight excluding hydrogens is 305 g/mol. The predicted molar refractivity (Wildman–Crippen MR) is 77.4 cm³/mol. The minimum Gasteiger partial charge on any atom is -0.373 e. The van der Waals surface area contributed by atoms with E-state index < -0.39 is 17.8 Å². The SMILES string of the molecule is CC(C)CNC(=O)C(C)Nc1cc(C(F)(F)F)ccc1Cl.